The van der Waals surface area contributed by atoms with Crippen LogP contribution in [0.15, 0.2) is 30.6 Å². The predicted octanol–water partition coefficient (Wildman–Crippen LogP) is 1.33. The van der Waals surface area contributed by atoms with Crippen molar-refractivity contribution in [2.75, 3.05) is 31.5 Å². The lowest BCUT2D eigenvalue weighted by Gasteiger charge is -2.27. The first-order valence-corrected chi connectivity index (χ1v) is 7.25. The summed E-state index contributed by atoms with van der Waals surface area (Å²) < 4.78 is 0. The lowest BCUT2D eigenvalue weighted by atomic mass is 10.2. The Labute approximate surface area is 124 Å². The van der Waals surface area contributed by atoms with Gasteiger partial charge in [-0.15, -0.1) is 0 Å². The average molecular weight is 284 g/mol. The third-order valence-corrected chi connectivity index (χ3v) is 3.60. The van der Waals surface area contributed by atoms with Gasteiger partial charge in [-0.1, -0.05) is 6.07 Å². The number of pyridine rings is 1. The first-order chi connectivity index (χ1) is 10.3. The Morgan fingerprint density at radius 3 is 2.67 bits per heavy atom. The maximum atomic E-state index is 4.60. The van der Waals surface area contributed by atoms with Crippen LogP contribution >= 0.6 is 0 Å². The van der Waals surface area contributed by atoms with Crippen molar-refractivity contribution in [3.63, 3.8) is 0 Å². The van der Waals surface area contributed by atoms with Crippen LogP contribution in [0.25, 0.3) is 0 Å². The molecular weight excluding hydrogens is 264 g/mol. The van der Waals surface area contributed by atoms with Gasteiger partial charge in [-0.3, -0.25) is 4.90 Å². The molecule has 6 heteroatoms. The number of aryl methyl sites for hydroxylation is 1. The normalized spacial score (nSPS) is 15.9. The molecule has 0 atom stereocenters. The second kappa shape index (κ2) is 6.60. The van der Waals surface area contributed by atoms with Crippen LogP contribution in [0.3, 0.4) is 0 Å². The van der Waals surface area contributed by atoms with Crippen LogP contribution in [0, 0.1) is 6.92 Å². The van der Waals surface area contributed by atoms with E-state index in [0.717, 1.165) is 44.2 Å². The van der Waals surface area contributed by atoms with Crippen molar-refractivity contribution in [3.8, 4) is 0 Å². The van der Waals surface area contributed by atoms with Gasteiger partial charge in [-0.25, -0.2) is 15.0 Å². The predicted molar refractivity (Wildman–Crippen MR) is 82.4 cm³/mol. The van der Waals surface area contributed by atoms with E-state index in [-0.39, 0.29) is 0 Å². The van der Waals surface area contributed by atoms with E-state index in [1.54, 1.807) is 18.5 Å². The van der Waals surface area contributed by atoms with Crippen molar-refractivity contribution in [2.24, 2.45) is 0 Å². The second-order valence-electron chi connectivity index (χ2n) is 5.16. The molecule has 1 aliphatic rings. The summed E-state index contributed by atoms with van der Waals surface area (Å²) in [6, 6.07) is 5.91. The van der Waals surface area contributed by atoms with E-state index in [1.165, 1.54) is 5.56 Å². The smallest absolute Gasteiger partial charge is 0.228 e. The molecule has 0 unspecified atom stereocenters. The molecule has 110 valence electrons. The van der Waals surface area contributed by atoms with Crippen molar-refractivity contribution in [1.82, 2.24) is 25.2 Å². The van der Waals surface area contributed by atoms with Gasteiger partial charge in [0.1, 0.15) is 5.82 Å². The van der Waals surface area contributed by atoms with Crippen molar-refractivity contribution in [3.05, 3.63) is 41.9 Å². The molecule has 0 bridgehead atoms. The fourth-order valence-corrected chi connectivity index (χ4v) is 2.41. The molecule has 3 heterocycles. The number of nitrogens with zero attached hydrogens (tertiary/aromatic N) is 4. The zero-order valence-corrected chi connectivity index (χ0v) is 12.2. The van der Waals surface area contributed by atoms with Crippen molar-refractivity contribution < 1.29 is 0 Å². The standard InChI is InChI=1S/C15H20N6/c1-12-13(11-21-9-7-16-8-10-21)3-4-14(19-12)20-15-17-5-2-6-18-15/h2-6,16H,7-11H2,1H3,(H,17,18,19,20). The minimum absolute atomic E-state index is 0.569. The maximum Gasteiger partial charge on any atom is 0.228 e. The Morgan fingerprint density at radius 2 is 1.95 bits per heavy atom. The molecule has 0 amide bonds. The molecule has 0 aromatic carbocycles. The van der Waals surface area contributed by atoms with Crippen LogP contribution in [0.2, 0.25) is 0 Å². The number of hydrogen-bond acceptors (Lipinski definition) is 6. The van der Waals surface area contributed by atoms with E-state index in [1.807, 2.05) is 6.07 Å². The number of piperazine rings is 1. The zero-order chi connectivity index (χ0) is 14.5. The van der Waals surface area contributed by atoms with Gasteiger partial charge < -0.3 is 10.6 Å². The Kier molecular flexibility index (Phi) is 4.37. The Balaban J connectivity index is 1.67. The molecule has 1 aliphatic heterocycles. The van der Waals surface area contributed by atoms with Crippen LogP contribution in [0.4, 0.5) is 11.8 Å². The van der Waals surface area contributed by atoms with Gasteiger partial charge in [0, 0.05) is 50.8 Å². The van der Waals surface area contributed by atoms with E-state index < -0.39 is 0 Å². The van der Waals surface area contributed by atoms with Gasteiger partial charge in [0.25, 0.3) is 0 Å². The van der Waals surface area contributed by atoms with E-state index in [9.17, 15) is 0 Å². The number of hydrogen-bond donors (Lipinski definition) is 2. The van der Waals surface area contributed by atoms with Gasteiger partial charge in [0.2, 0.25) is 5.95 Å². The topological polar surface area (TPSA) is 66.0 Å². The summed E-state index contributed by atoms with van der Waals surface area (Å²) in [5.41, 5.74) is 2.32. The molecule has 2 aromatic rings. The Hall–Kier alpha value is -2.05. The molecule has 0 saturated carbocycles. The summed E-state index contributed by atoms with van der Waals surface area (Å²) in [6.45, 7) is 7.33. The molecule has 0 radical (unpaired) electrons. The highest BCUT2D eigenvalue weighted by molar-refractivity contribution is 5.48. The number of nitrogens with one attached hydrogen (secondary N) is 2. The molecule has 0 spiro atoms. The fourth-order valence-electron chi connectivity index (χ4n) is 2.41. The lowest BCUT2D eigenvalue weighted by molar-refractivity contribution is 0.232. The summed E-state index contributed by atoms with van der Waals surface area (Å²) in [5.74, 6) is 1.35. The maximum absolute atomic E-state index is 4.60. The molecule has 21 heavy (non-hydrogen) atoms. The zero-order valence-electron chi connectivity index (χ0n) is 12.2. The highest BCUT2D eigenvalue weighted by atomic mass is 15.2. The molecule has 2 N–H and O–H groups in total. The summed E-state index contributed by atoms with van der Waals surface area (Å²) in [7, 11) is 0. The van der Waals surface area contributed by atoms with E-state index >= 15 is 0 Å². The number of anilines is 2. The summed E-state index contributed by atoms with van der Waals surface area (Å²) in [6.07, 6.45) is 3.42. The molecular formula is C15H20N6. The summed E-state index contributed by atoms with van der Waals surface area (Å²) in [5, 5.41) is 6.49. The Bertz CT molecular complexity index is 580. The van der Waals surface area contributed by atoms with Gasteiger partial charge in [0.15, 0.2) is 0 Å². The molecule has 0 aliphatic carbocycles. The SMILES string of the molecule is Cc1nc(Nc2ncccn2)ccc1CN1CCNCC1. The average Bonchev–Trinajstić information content (AvgIpc) is 2.52. The molecule has 1 fully saturated rings. The van der Waals surface area contributed by atoms with Crippen molar-refractivity contribution in [1.29, 1.82) is 0 Å². The quantitative estimate of drug-likeness (QED) is 0.883. The minimum atomic E-state index is 0.569. The van der Waals surface area contributed by atoms with Gasteiger partial charge in [-0.05, 0) is 24.6 Å². The van der Waals surface area contributed by atoms with Gasteiger partial charge in [-0.2, -0.15) is 0 Å². The van der Waals surface area contributed by atoms with Crippen LogP contribution < -0.4 is 10.6 Å². The van der Waals surface area contributed by atoms with E-state index in [2.05, 4.69) is 43.5 Å². The first kappa shape index (κ1) is 13.9. The number of aromatic nitrogens is 3. The lowest BCUT2D eigenvalue weighted by Crippen LogP contribution is -2.43. The van der Waals surface area contributed by atoms with Gasteiger partial charge >= 0.3 is 0 Å². The van der Waals surface area contributed by atoms with Crippen molar-refractivity contribution in [2.45, 2.75) is 13.5 Å². The largest absolute Gasteiger partial charge is 0.314 e. The van der Waals surface area contributed by atoms with Crippen molar-refractivity contribution >= 4 is 11.8 Å². The first-order valence-electron chi connectivity index (χ1n) is 7.25. The van der Waals surface area contributed by atoms with Crippen LogP contribution in [-0.2, 0) is 6.54 Å². The summed E-state index contributed by atoms with van der Waals surface area (Å²) >= 11 is 0. The highest BCUT2D eigenvalue weighted by Crippen LogP contribution is 2.15. The molecule has 3 rings (SSSR count). The van der Waals surface area contributed by atoms with E-state index in [4.69, 9.17) is 0 Å². The second-order valence-corrected chi connectivity index (χ2v) is 5.16. The fraction of sp³-hybridized carbons (Fsp3) is 0.400. The molecule has 2 aromatic heterocycles. The van der Waals surface area contributed by atoms with Crippen LogP contribution in [0.5, 0.6) is 0 Å². The summed E-state index contributed by atoms with van der Waals surface area (Å²) in [4.78, 5) is 15.3. The van der Waals surface area contributed by atoms with Crippen LogP contribution in [0.1, 0.15) is 11.3 Å². The molecule has 6 nitrogen and oxygen atoms in total. The third kappa shape index (κ3) is 3.74. The number of rotatable bonds is 4. The Morgan fingerprint density at radius 1 is 1.19 bits per heavy atom. The minimum Gasteiger partial charge on any atom is -0.314 e. The van der Waals surface area contributed by atoms with Gasteiger partial charge in [0.05, 0.1) is 0 Å². The highest BCUT2D eigenvalue weighted by Gasteiger charge is 2.12. The third-order valence-electron chi connectivity index (χ3n) is 3.60. The molecule has 1 saturated heterocycles. The monoisotopic (exact) mass is 284 g/mol. The van der Waals surface area contributed by atoms with E-state index in [0.29, 0.717) is 5.95 Å². The van der Waals surface area contributed by atoms with Crippen LogP contribution in [-0.4, -0.2) is 46.0 Å².